The van der Waals surface area contributed by atoms with Crippen molar-refractivity contribution in [2.24, 2.45) is 12.0 Å². The number of hydrogen-bond donors (Lipinski definition) is 2. The first-order valence-electron chi connectivity index (χ1n) is 12.4. The fourth-order valence-corrected chi connectivity index (χ4v) is 4.64. The summed E-state index contributed by atoms with van der Waals surface area (Å²) < 4.78 is 9.77. The van der Waals surface area contributed by atoms with Crippen LogP contribution in [0.25, 0.3) is 11.0 Å². The number of carbonyl (C=O) groups is 1. The molecule has 194 valence electrons. The molecule has 2 aromatic heterocycles. The molecule has 0 saturated carbocycles. The Morgan fingerprint density at radius 2 is 1.87 bits per heavy atom. The van der Waals surface area contributed by atoms with Crippen LogP contribution in [0.5, 0.6) is 5.75 Å². The van der Waals surface area contributed by atoms with Gasteiger partial charge in [0, 0.05) is 18.7 Å². The molecule has 0 radical (unpaired) electrons. The first kappa shape index (κ1) is 24.9. The lowest BCUT2D eigenvalue weighted by molar-refractivity contribution is 0.102. The fraction of sp³-hybridized carbons (Fsp3) is 0.250. The molecule has 0 saturated heterocycles. The van der Waals surface area contributed by atoms with Crippen LogP contribution >= 0.6 is 0 Å². The zero-order valence-corrected chi connectivity index (χ0v) is 22.1. The Bertz CT molecular complexity index is 1660. The lowest BCUT2D eigenvalue weighted by Gasteiger charge is -2.10. The average molecular weight is 511 g/mol. The number of carbonyl (C=O) groups excluding carboxylic acids is 1. The molecule has 0 bridgehead atoms. The summed E-state index contributed by atoms with van der Waals surface area (Å²) in [6, 6.07) is 19.8. The van der Waals surface area contributed by atoms with E-state index in [2.05, 4.69) is 74.0 Å². The number of aromatic nitrogens is 6. The minimum Gasteiger partial charge on any atom is -0.497 e. The van der Waals surface area contributed by atoms with Crippen LogP contribution in [0.3, 0.4) is 0 Å². The Balaban J connectivity index is 1.55. The van der Waals surface area contributed by atoms with E-state index in [4.69, 9.17) is 9.73 Å². The summed E-state index contributed by atoms with van der Waals surface area (Å²) in [7, 11) is 3.68. The van der Waals surface area contributed by atoms with Gasteiger partial charge >= 0.3 is 0 Å². The third-order valence-electron chi connectivity index (χ3n) is 6.61. The van der Waals surface area contributed by atoms with Crippen LogP contribution in [0.1, 0.15) is 46.8 Å². The molecule has 0 unspecified atom stereocenters. The van der Waals surface area contributed by atoms with E-state index in [0.717, 1.165) is 33.7 Å². The van der Waals surface area contributed by atoms with Crippen molar-refractivity contribution < 1.29 is 9.53 Å². The summed E-state index contributed by atoms with van der Waals surface area (Å²) >= 11 is 0. The second-order valence-electron chi connectivity index (χ2n) is 9.49. The highest BCUT2D eigenvalue weighted by atomic mass is 16.5. The molecule has 38 heavy (non-hydrogen) atoms. The number of H-pyrrole nitrogens is 1. The molecule has 5 aromatic rings. The molecule has 0 atom stereocenters. The van der Waals surface area contributed by atoms with Crippen LogP contribution in [0.4, 0.5) is 11.6 Å². The second-order valence-corrected chi connectivity index (χ2v) is 9.49. The molecule has 0 aliphatic heterocycles. The maximum absolute atomic E-state index is 12.5. The van der Waals surface area contributed by atoms with Gasteiger partial charge in [0.1, 0.15) is 5.75 Å². The van der Waals surface area contributed by atoms with Crippen molar-refractivity contribution >= 4 is 28.6 Å². The number of nitrogens with zero attached hydrogens (tertiary/aromatic N) is 6. The maximum Gasteiger partial charge on any atom is 0.270 e. The van der Waals surface area contributed by atoms with Crippen molar-refractivity contribution in [3.8, 4) is 5.75 Å². The van der Waals surface area contributed by atoms with E-state index in [1.165, 1.54) is 11.1 Å². The highest BCUT2D eigenvalue weighted by molar-refractivity contribution is 6.03. The first-order valence-corrected chi connectivity index (χ1v) is 12.4. The molecule has 10 nitrogen and oxygen atoms in total. The van der Waals surface area contributed by atoms with E-state index in [1.807, 2.05) is 37.4 Å². The summed E-state index contributed by atoms with van der Waals surface area (Å²) in [6.45, 7) is 7.08. The average Bonchev–Trinajstić information content (AvgIpc) is 3.51. The number of nitrogens with one attached hydrogen (secondary N) is 2. The van der Waals surface area contributed by atoms with Gasteiger partial charge in [0.05, 0.1) is 30.4 Å². The topological polar surface area (TPSA) is 115 Å². The van der Waals surface area contributed by atoms with Crippen molar-refractivity contribution in [1.82, 2.24) is 29.8 Å². The standard InChI is InChI=1S/C28H30N8O2/c1-17(2)23-12-10-21(14-18(23)3)29-28-35(4)24-13-11-22(38-5)15-25(24)36(28)16-19-6-8-20(9-7-19)26(37)30-27-31-33-34-32-27/h6-15,17H,16H2,1-5H3,(H2,30,31,32,33,34,37). The quantitative estimate of drug-likeness (QED) is 0.335. The third-order valence-corrected chi connectivity index (χ3v) is 6.61. The fourth-order valence-electron chi connectivity index (χ4n) is 4.64. The number of amides is 1. The van der Waals surface area contributed by atoms with Crippen molar-refractivity contribution in [3.05, 3.63) is 88.5 Å². The molecule has 2 N–H and O–H groups in total. The number of tetrazole rings is 1. The molecule has 1 amide bonds. The number of anilines is 1. The van der Waals surface area contributed by atoms with Crippen LogP contribution in [-0.4, -0.2) is 42.8 Å². The predicted octanol–water partition coefficient (Wildman–Crippen LogP) is 4.47. The minimum absolute atomic E-state index is 0.127. The third kappa shape index (κ3) is 4.93. The van der Waals surface area contributed by atoms with Gasteiger partial charge in [0.15, 0.2) is 0 Å². The Morgan fingerprint density at radius 1 is 1.08 bits per heavy atom. The summed E-state index contributed by atoms with van der Waals surface area (Å²) in [5.74, 6) is 1.05. The summed E-state index contributed by atoms with van der Waals surface area (Å²) in [5.41, 5.74) is 7.80. The van der Waals surface area contributed by atoms with Crippen molar-refractivity contribution in [1.29, 1.82) is 0 Å². The van der Waals surface area contributed by atoms with Crippen LogP contribution in [0.2, 0.25) is 0 Å². The van der Waals surface area contributed by atoms with Gasteiger partial charge in [0.25, 0.3) is 11.9 Å². The van der Waals surface area contributed by atoms with Gasteiger partial charge in [-0.25, -0.2) is 4.99 Å². The Morgan fingerprint density at radius 3 is 2.53 bits per heavy atom. The number of ether oxygens (including phenoxy) is 1. The lowest BCUT2D eigenvalue weighted by atomic mass is 9.98. The number of hydrogen-bond acceptors (Lipinski definition) is 6. The van der Waals surface area contributed by atoms with Gasteiger partial charge in [0.2, 0.25) is 5.62 Å². The minimum atomic E-state index is -0.309. The smallest absolute Gasteiger partial charge is 0.270 e. The van der Waals surface area contributed by atoms with Gasteiger partial charge < -0.3 is 13.9 Å². The van der Waals surface area contributed by atoms with Crippen molar-refractivity contribution in [3.63, 3.8) is 0 Å². The highest BCUT2D eigenvalue weighted by Gasteiger charge is 2.14. The van der Waals surface area contributed by atoms with Crippen LogP contribution in [0, 0.1) is 6.92 Å². The van der Waals surface area contributed by atoms with E-state index >= 15 is 0 Å². The molecule has 0 spiro atoms. The largest absolute Gasteiger partial charge is 0.497 e. The molecule has 0 aliphatic rings. The van der Waals surface area contributed by atoms with Crippen LogP contribution in [-0.2, 0) is 13.6 Å². The Labute approximate surface area is 220 Å². The van der Waals surface area contributed by atoms with E-state index in [-0.39, 0.29) is 11.9 Å². The van der Waals surface area contributed by atoms with Crippen LogP contribution in [0.15, 0.2) is 65.7 Å². The number of aryl methyl sites for hydroxylation is 2. The van der Waals surface area contributed by atoms with Gasteiger partial charge in [-0.15, -0.1) is 5.10 Å². The zero-order chi connectivity index (χ0) is 26.8. The SMILES string of the molecule is COc1ccc2c(c1)n(Cc1ccc(C(=O)Nc3nn[nH]n3)cc1)c(=Nc1ccc(C(C)C)c(C)c1)n2C. The number of imidazole rings is 1. The van der Waals surface area contributed by atoms with Crippen molar-refractivity contribution in [2.45, 2.75) is 33.2 Å². The molecule has 2 heterocycles. The Kier molecular flexibility index (Phi) is 6.78. The first-order chi connectivity index (χ1) is 18.3. The predicted molar refractivity (Wildman–Crippen MR) is 146 cm³/mol. The molecule has 0 aliphatic carbocycles. The number of aromatic amines is 1. The normalized spacial score (nSPS) is 11.9. The summed E-state index contributed by atoms with van der Waals surface area (Å²) in [5, 5.41) is 15.9. The number of methoxy groups -OCH3 is 1. The number of rotatable bonds is 7. The van der Waals surface area contributed by atoms with Gasteiger partial charge in [-0.3, -0.25) is 10.1 Å². The second kappa shape index (κ2) is 10.3. The van der Waals surface area contributed by atoms with E-state index < -0.39 is 0 Å². The lowest BCUT2D eigenvalue weighted by Crippen LogP contribution is -2.24. The van der Waals surface area contributed by atoms with Crippen molar-refractivity contribution in [2.75, 3.05) is 12.4 Å². The molecule has 0 fully saturated rings. The molecule has 5 rings (SSSR count). The number of fused-ring (bicyclic) bond motifs is 1. The zero-order valence-electron chi connectivity index (χ0n) is 22.1. The van der Waals surface area contributed by atoms with Crippen LogP contribution < -0.4 is 15.7 Å². The molecule has 3 aromatic carbocycles. The maximum atomic E-state index is 12.5. The van der Waals surface area contributed by atoms with E-state index in [0.29, 0.717) is 18.0 Å². The van der Waals surface area contributed by atoms with E-state index in [9.17, 15) is 4.79 Å². The van der Waals surface area contributed by atoms with Gasteiger partial charge in [-0.05, 0) is 71.1 Å². The molecule has 10 heteroatoms. The number of benzene rings is 3. The summed E-state index contributed by atoms with van der Waals surface area (Å²) in [4.78, 5) is 17.6. The van der Waals surface area contributed by atoms with Gasteiger partial charge in [-0.1, -0.05) is 37.1 Å². The highest BCUT2D eigenvalue weighted by Crippen LogP contribution is 2.25. The monoisotopic (exact) mass is 510 g/mol. The molecular formula is C28H30N8O2. The van der Waals surface area contributed by atoms with Gasteiger partial charge in [-0.2, -0.15) is 5.21 Å². The Hall–Kier alpha value is -4.73. The van der Waals surface area contributed by atoms with E-state index in [1.54, 1.807) is 19.2 Å². The molecular weight excluding hydrogens is 480 g/mol. The summed E-state index contributed by atoms with van der Waals surface area (Å²) in [6.07, 6.45) is 0.